The van der Waals surface area contributed by atoms with E-state index in [2.05, 4.69) is 20.5 Å². The minimum atomic E-state index is -0.103. The first-order valence-electron chi connectivity index (χ1n) is 8.28. The number of aromatic nitrogens is 3. The highest BCUT2D eigenvalue weighted by atomic mass is 35.5. The van der Waals surface area contributed by atoms with Crippen molar-refractivity contribution in [3.05, 3.63) is 71.8 Å². The van der Waals surface area contributed by atoms with Crippen molar-refractivity contribution in [1.82, 2.24) is 15.2 Å². The molecule has 0 saturated heterocycles. The van der Waals surface area contributed by atoms with Crippen LogP contribution in [0.25, 0.3) is 22.2 Å². The van der Waals surface area contributed by atoms with Crippen molar-refractivity contribution in [2.75, 3.05) is 11.1 Å². The van der Waals surface area contributed by atoms with Crippen molar-refractivity contribution < 1.29 is 4.79 Å². The SMILES string of the molecule is O=C(CSc1n[nH]c(-c2ccc(Cl)cc2)n1)Nc1cccc2ccccc12. The van der Waals surface area contributed by atoms with Gasteiger partial charge in [-0.25, -0.2) is 4.98 Å². The first-order valence-corrected chi connectivity index (χ1v) is 9.64. The van der Waals surface area contributed by atoms with Crippen molar-refractivity contribution in [2.45, 2.75) is 5.16 Å². The average Bonchev–Trinajstić information content (AvgIpc) is 3.16. The third-order valence-corrected chi connectivity index (χ3v) is 5.08. The summed E-state index contributed by atoms with van der Waals surface area (Å²) >= 11 is 7.18. The van der Waals surface area contributed by atoms with Crippen LogP contribution in [0.15, 0.2) is 71.9 Å². The highest BCUT2D eigenvalue weighted by Crippen LogP contribution is 2.24. The largest absolute Gasteiger partial charge is 0.325 e. The Hall–Kier alpha value is -2.83. The van der Waals surface area contributed by atoms with Crippen LogP contribution in [0.3, 0.4) is 0 Å². The monoisotopic (exact) mass is 394 g/mol. The Morgan fingerprint density at radius 1 is 1.04 bits per heavy atom. The van der Waals surface area contributed by atoms with Gasteiger partial charge in [0.25, 0.3) is 0 Å². The normalized spacial score (nSPS) is 10.9. The Balaban J connectivity index is 1.40. The van der Waals surface area contributed by atoms with E-state index in [0.29, 0.717) is 16.0 Å². The van der Waals surface area contributed by atoms with E-state index < -0.39 is 0 Å². The minimum Gasteiger partial charge on any atom is -0.325 e. The zero-order chi connectivity index (χ0) is 18.6. The summed E-state index contributed by atoms with van der Waals surface area (Å²) in [5.41, 5.74) is 1.69. The lowest BCUT2D eigenvalue weighted by Gasteiger charge is -2.08. The van der Waals surface area contributed by atoms with Crippen LogP contribution < -0.4 is 5.32 Å². The molecule has 4 aromatic rings. The number of nitrogens with zero attached hydrogens (tertiary/aromatic N) is 2. The molecule has 5 nitrogen and oxygen atoms in total. The first kappa shape index (κ1) is 17.6. The molecule has 134 valence electrons. The molecule has 1 aromatic heterocycles. The Kier molecular flexibility index (Phi) is 5.09. The molecule has 0 aliphatic carbocycles. The van der Waals surface area contributed by atoms with Crippen LogP contribution in [-0.4, -0.2) is 26.8 Å². The maximum absolute atomic E-state index is 12.3. The second-order valence-corrected chi connectivity index (χ2v) is 7.22. The van der Waals surface area contributed by atoms with Gasteiger partial charge in [0, 0.05) is 21.7 Å². The summed E-state index contributed by atoms with van der Waals surface area (Å²) in [4.78, 5) is 16.7. The molecule has 0 radical (unpaired) electrons. The molecule has 0 saturated carbocycles. The van der Waals surface area contributed by atoms with Crippen LogP contribution in [0.5, 0.6) is 0 Å². The van der Waals surface area contributed by atoms with E-state index in [9.17, 15) is 4.79 Å². The summed E-state index contributed by atoms with van der Waals surface area (Å²) in [6.45, 7) is 0. The summed E-state index contributed by atoms with van der Waals surface area (Å²) in [6.07, 6.45) is 0. The zero-order valence-corrected chi connectivity index (χ0v) is 15.7. The topological polar surface area (TPSA) is 70.7 Å². The molecule has 0 atom stereocenters. The number of fused-ring (bicyclic) bond motifs is 1. The quantitative estimate of drug-likeness (QED) is 0.467. The highest BCUT2D eigenvalue weighted by molar-refractivity contribution is 7.99. The van der Waals surface area contributed by atoms with E-state index in [1.807, 2.05) is 54.6 Å². The van der Waals surface area contributed by atoms with E-state index in [1.54, 1.807) is 12.1 Å². The van der Waals surface area contributed by atoms with Gasteiger partial charge in [-0.2, -0.15) is 0 Å². The molecule has 0 unspecified atom stereocenters. The third kappa shape index (κ3) is 4.13. The van der Waals surface area contributed by atoms with Crippen molar-refractivity contribution >= 4 is 45.7 Å². The molecule has 0 bridgehead atoms. The molecule has 2 N–H and O–H groups in total. The maximum atomic E-state index is 12.3. The first-order chi connectivity index (χ1) is 13.2. The van der Waals surface area contributed by atoms with Gasteiger partial charge in [0.1, 0.15) is 0 Å². The van der Waals surface area contributed by atoms with Crippen LogP contribution in [0, 0.1) is 0 Å². The number of H-pyrrole nitrogens is 1. The van der Waals surface area contributed by atoms with Crippen molar-refractivity contribution in [1.29, 1.82) is 0 Å². The van der Waals surface area contributed by atoms with Gasteiger partial charge in [-0.1, -0.05) is 59.8 Å². The van der Waals surface area contributed by atoms with Crippen molar-refractivity contribution in [3.8, 4) is 11.4 Å². The molecule has 7 heteroatoms. The van der Waals surface area contributed by atoms with Crippen molar-refractivity contribution in [2.24, 2.45) is 0 Å². The summed E-state index contributed by atoms with van der Waals surface area (Å²) in [6, 6.07) is 21.1. The molecule has 0 aliphatic heterocycles. The lowest BCUT2D eigenvalue weighted by Crippen LogP contribution is -2.14. The van der Waals surface area contributed by atoms with E-state index in [4.69, 9.17) is 11.6 Å². The second-order valence-electron chi connectivity index (χ2n) is 5.84. The summed E-state index contributed by atoms with van der Waals surface area (Å²) < 4.78 is 0. The van der Waals surface area contributed by atoms with Crippen LogP contribution in [0.2, 0.25) is 5.02 Å². The Morgan fingerprint density at radius 3 is 2.67 bits per heavy atom. The number of amides is 1. The molecule has 27 heavy (non-hydrogen) atoms. The molecule has 0 spiro atoms. The number of carbonyl (C=O) groups is 1. The van der Waals surface area contributed by atoms with E-state index in [-0.39, 0.29) is 11.7 Å². The van der Waals surface area contributed by atoms with E-state index in [1.165, 1.54) is 11.8 Å². The number of hydrogen-bond acceptors (Lipinski definition) is 4. The van der Waals surface area contributed by atoms with Crippen LogP contribution in [0.4, 0.5) is 5.69 Å². The van der Waals surface area contributed by atoms with Gasteiger partial charge in [-0.05, 0) is 35.7 Å². The number of hydrogen-bond donors (Lipinski definition) is 2. The fourth-order valence-corrected chi connectivity index (χ4v) is 3.42. The predicted molar refractivity (Wildman–Crippen MR) is 110 cm³/mol. The van der Waals surface area contributed by atoms with Crippen LogP contribution in [0.1, 0.15) is 0 Å². The highest BCUT2D eigenvalue weighted by Gasteiger charge is 2.10. The number of aromatic amines is 1. The molecule has 1 amide bonds. The molecular formula is C20H15ClN4OS. The summed E-state index contributed by atoms with van der Waals surface area (Å²) in [5, 5.41) is 13.3. The second kappa shape index (κ2) is 7.82. The Bertz CT molecular complexity index is 1090. The van der Waals surface area contributed by atoms with E-state index >= 15 is 0 Å². The molecule has 0 aliphatic rings. The fourth-order valence-electron chi connectivity index (χ4n) is 2.70. The van der Waals surface area contributed by atoms with Gasteiger partial charge in [0.05, 0.1) is 5.75 Å². The fraction of sp³-hybridized carbons (Fsp3) is 0.0500. The van der Waals surface area contributed by atoms with Gasteiger partial charge in [0.2, 0.25) is 11.1 Å². The van der Waals surface area contributed by atoms with Crippen LogP contribution in [-0.2, 0) is 4.79 Å². The minimum absolute atomic E-state index is 0.103. The number of carbonyl (C=O) groups excluding carboxylic acids is 1. The number of anilines is 1. The lowest BCUT2D eigenvalue weighted by molar-refractivity contribution is -0.113. The number of benzene rings is 3. The molecule has 1 heterocycles. The Labute approximate surface area is 165 Å². The van der Waals surface area contributed by atoms with Gasteiger partial charge in [-0.15, -0.1) is 5.10 Å². The molecule has 3 aromatic carbocycles. The molecule has 0 fully saturated rings. The summed E-state index contributed by atoms with van der Waals surface area (Å²) in [5.74, 6) is 0.763. The standard InChI is InChI=1S/C20H15ClN4OS/c21-15-10-8-14(9-11-15)19-23-20(25-24-19)27-12-18(26)22-17-7-3-5-13-4-1-2-6-16(13)17/h1-11H,12H2,(H,22,26)(H,23,24,25). The zero-order valence-electron chi connectivity index (χ0n) is 14.1. The number of rotatable bonds is 5. The van der Waals surface area contributed by atoms with Gasteiger partial charge < -0.3 is 5.32 Å². The molecular weight excluding hydrogens is 380 g/mol. The van der Waals surface area contributed by atoms with Gasteiger partial charge in [-0.3, -0.25) is 9.89 Å². The number of thioether (sulfide) groups is 1. The van der Waals surface area contributed by atoms with Gasteiger partial charge >= 0.3 is 0 Å². The maximum Gasteiger partial charge on any atom is 0.234 e. The lowest BCUT2D eigenvalue weighted by atomic mass is 10.1. The Morgan fingerprint density at radius 2 is 1.81 bits per heavy atom. The van der Waals surface area contributed by atoms with Crippen LogP contribution >= 0.6 is 23.4 Å². The van der Waals surface area contributed by atoms with Crippen molar-refractivity contribution in [3.63, 3.8) is 0 Å². The van der Waals surface area contributed by atoms with E-state index in [0.717, 1.165) is 22.0 Å². The summed E-state index contributed by atoms with van der Waals surface area (Å²) in [7, 11) is 0. The number of halogens is 1. The average molecular weight is 395 g/mol. The van der Waals surface area contributed by atoms with Gasteiger partial charge in [0.15, 0.2) is 5.82 Å². The smallest absolute Gasteiger partial charge is 0.234 e. The number of nitrogens with one attached hydrogen (secondary N) is 2. The predicted octanol–water partition coefficient (Wildman–Crippen LogP) is 5.01. The molecule has 4 rings (SSSR count). The third-order valence-electron chi connectivity index (χ3n) is 3.98.